The van der Waals surface area contributed by atoms with Gasteiger partial charge in [-0.15, -0.1) is 0 Å². The van der Waals surface area contributed by atoms with Gasteiger partial charge in [-0.25, -0.2) is 9.59 Å². The molecule has 0 aromatic rings. The summed E-state index contributed by atoms with van der Waals surface area (Å²) in [6.07, 6.45) is 0. The molecule has 0 unspecified atom stereocenters. The van der Waals surface area contributed by atoms with Crippen molar-refractivity contribution in [2.75, 3.05) is 0 Å². The number of carbonyl (C=O) groups is 2. The van der Waals surface area contributed by atoms with E-state index in [2.05, 4.69) is 0 Å². The van der Waals surface area contributed by atoms with Crippen LogP contribution in [-0.2, 0) is 9.59 Å². The predicted molar refractivity (Wildman–Crippen MR) is 17.8 cm³/mol. The molecule has 4 nitrogen and oxygen atoms in total. The molecule has 0 aliphatic heterocycles. The normalized spacial score (nSPS) is 6.29. The summed E-state index contributed by atoms with van der Waals surface area (Å²) in [5.41, 5.74) is 0. The van der Waals surface area contributed by atoms with Crippen LogP contribution in [0.5, 0.6) is 0 Å². The third-order valence-electron chi connectivity index (χ3n) is 0.183. The minimum atomic E-state index is -1.82. The third kappa shape index (κ3) is 4.87. The summed E-state index contributed by atoms with van der Waals surface area (Å²) in [6, 6.07) is 0. The van der Waals surface area contributed by atoms with Crippen LogP contribution in [0.3, 0.4) is 0 Å². The molecular weight excluding hydrogens is 107 g/mol. The average molecular weight is 110 g/mol. The minimum absolute atomic E-state index is 0. The Morgan fingerprint density at radius 3 is 1.14 bits per heavy atom. The van der Waals surface area contributed by atoms with Gasteiger partial charge < -0.3 is 10.2 Å². The van der Waals surface area contributed by atoms with Gasteiger partial charge in [0.25, 0.3) is 0 Å². The highest BCUT2D eigenvalue weighted by Gasteiger charge is 2.04. The van der Waals surface area contributed by atoms with Crippen molar-refractivity contribution in [3.05, 3.63) is 0 Å². The summed E-state index contributed by atoms with van der Waals surface area (Å²) in [4.78, 5) is 18.2. The number of rotatable bonds is 0. The maximum absolute atomic E-state index is 9.10. The Labute approximate surface area is 37.7 Å². The first-order chi connectivity index (χ1) is 2.64. The van der Waals surface area contributed by atoms with Crippen LogP contribution in [-0.4, -0.2) is 22.2 Å². The molecular formula is C2H3FO4. The molecule has 0 aromatic carbocycles. The second kappa shape index (κ2) is 3.08. The highest BCUT2D eigenvalue weighted by Crippen LogP contribution is 1.56. The topological polar surface area (TPSA) is 74.6 Å². The largest absolute Gasteiger partial charge is 0.473 e. The molecule has 0 atom stereocenters. The van der Waals surface area contributed by atoms with Crippen molar-refractivity contribution < 1.29 is 24.5 Å². The van der Waals surface area contributed by atoms with E-state index in [1.165, 1.54) is 0 Å². The van der Waals surface area contributed by atoms with Crippen LogP contribution < -0.4 is 0 Å². The number of aliphatic carboxylic acids is 2. The fourth-order valence-electron chi connectivity index (χ4n) is 0. The van der Waals surface area contributed by atoms with E-state index in [0.717, 1.165) is 0 Å². The summed E-state index contributed by atoms with van der Waals surface area (Å²) >= 11 is 0. The van der Waals surface area contributed by atoms with Crippen molar-refractivity contribution in [1.82, 2.24) is 0 Å². The molecule has 0 heterocycles. The summed E-state index contributed by atoms with van der Waals surface area (Å²) in [5, 5.41) is 14.8. The number of hydrogen-bond donors (Lipinski definition) is 2. The van der Waals surface area contributed by atoms with Gasteiger partial charge in [0, 0.05) is 0 Å². The molecule has 5 heteroatoms. The summed E-state index contributed by atoms with van der Waals surface area (Å²) < 4.78 is 0. The van der Waals surface area contributed by atoms with E-state index in [9.17, 15) is 0 Å². The highest BCUT2D eigenvalue weighted by atomic mass is 19.0. The summed E-state index contributed by atoms with van der Waals surface area (Å²) in [5.74, 6) is -3.65. The quantitative estimate of drug-likeness (QED) is 0.404. The number of carboxylic acid groups (broad SMARTS) is 2. The van der Waals surface area contributed by atoms with E-state index >= 15 is 0 Å². The third-order valence-corrected chi connectivity index (χ3v) is 0.183. The second-order valence-corrected chi connectivity index (χ2v) is 0.610. The molecule has 0 aliphatic rings. The Balaban J connectivity index is 0. The van der Waals surface area contributed by atoms with Crippen molar-refractivity contribution in [3.63, 3.8) is 0 Å². The monoisotopic (exact) mass is 110 g/mol. The lowest BCUT2D eigenvalue weighted by Gasteiger charge is -1.72. The summed E-state index contributed by atoms with van der Waals surface area (Å²) in [7, 11) is 0. The minimum Gasteiger partial charge on any atom is -0.473 e. The van der Waals surface area contributed by atoms with E-state index in [4.69, 9.17) is 19.8 Å². The van der Waals surface area contributed by atoms with Crippen LogP contribution in [0.1, 0.15) is 0 Å². The van der Waals surface area contributed by atoms with Crippen LogP contribution in [0, 0.1) is 0 Å². The molecule has 0 aliphatic carbocycles. The van der Waals surface area contributed by atoms with E-state index in [1.807, 2.05) is 0 Å². The van der Waals surface area contributed by atoms with E-state index in [1.54, 1.807) is 0 Å². The van der Waals surface area contributed by atoms with Gasteiger partial charge in [0.2, 0.25) is 0 Å². The molecule has 0 rings (SSSR count). The fourth-order valence-corrected chi connectivity index (χ4v) is 0. The number of halogens is 1. The van der Waals surface area contributed by atoms with Crippen LogP contribution >= 0.6 is 0 Å². The highest BCUT2D eigenvalue weighted by molar-refractivity contribution is 6.27. The van der Waals surface area contributed by atoms with Crippen LogP contribution in [0.4, 0.5) is 4.70 Å². The lowest BCUT2D eigenvalue weighted by atomic mass is 10.7. The van der Waals surface area contributed by atoms with Gasteiger partial charge in [0.15, 0.2) is 0 Å². The molecule has 42 valence electrons. The van der Waals surface area contributed by atoms with Crippen molar-refractivity contribution in [3.8, 4) is 0 Å². The van der Waals surface area contributed by atoms with Gasteiger partial charge in [0.05, 0.1) is 0 Å². The van der Waals surface area contributed by atoms with Gasteiger partial charge in [-0.1, -0.05) is 0 Å². The molecule has 0 amide bonds. The standard InChI is InChI=1S/C2H2O4.FH/c3-1(4)2(5)6;/h(H,3,4)(H,5,6);1H. The van der Waals surface area contributed by atoms with Crippen molar-refractivity contribution >= 4 is 11.9 Å². The van der Waals surface area contributed by atoms with E-state index in [0.29, 0.717) is 0 Å². The van der Waals surface area contributed by atoms with E-state index in [-0.39, 0.29) is 4.70 Å². The van der Waals surface area contributed by atoms with Gasteiger partial charge >= 0.3 is 11.9 Å². The smallest absolute Gasteiger partial charge is 0.414 e. The number of carboxylic acids is 2. The van der Waals surface area contributed by atoms with Crippen LogP contribution in [0.15, 0.2) is 0 Å². The van der Waals surface area contributed by atoms with Crippen LogP contribution in [0.25, 0.3) is 0 Å². The molecule has 7 heavy (non-hydrogen) atoms. The molecule has 0 saturated carbocycles. The van der Waals surface area contributed by atoms with E-state index < -0.39 is 11.9 Å². The average Bonchev–Trinajstić information content (AvgIpc) is 1.36. The van der Waals surface area contributed by atoms with Crippen molar-refractivity contribution in [2.24, 2.45) is 0 Å². The van der Waals surface area contributed by atoms with Gasteiger partial charge in [0.1, 0.15) is 0 Å². The maximum Gasteiger partial charge on any atom is 0.414 e. The van der Waals surface area contributed by atoms with Gasteiger partial charge in [-0.3, -0.25) is 4.70 Å². The molecule has 0 spiro atoms. The summed E-state index contributed by atoms with van der Waals surface area (Å²) in [6.45, 7) is 0. The first-order valence-corrected chi connectivity index (χ1v) is 1.11. The number of hydrogen-bond acceptors (Lipinski definition) is 2. The Kier molecular flexibility index (Phi) is 4.08. The molecule has 0 aromatic heterocycles. The molecule has 0 bridgehead atoms. The molecule has 2 N–H and O–H groups in total. The zero-order valence-electron chi connectivity index (χ0n) is 3.12. The SMILES string of the molecule is F.O=C(O)C(=O)O. The second-order valence-electron chi connectivity index (χ2n) is 0.610. The van der Waals surface area contributed by atoms with Gasteiger partial charge in [-0.2, -0.15) is 0 Å². The fraction of sp³-hybridized carbons (Fsp3) is 0. The Bertz CT molecular complexity index is 75.7. The zero-order valence-corrected chi connectivity index (χ0v) is 3.12. The Morgan fingerprint density at radius 2 is 1.14 bits per heavy atom. The maximum atomic E-state index is 9.10. The Morgan fingerprint density at radius 1 is 1.00 bits per heavy atom. The molecule has 0 saturated heterocycles. The zero-order chi connectivity index (χ0) is 5.15. The van der Waals surface area contributed by atoms with Crippen molar-refractivity contribution in [2.45, 2.75) is 0 Å². The molecule has 0 radical (unpaired) electrons. The van der Waals surface area contributed by atoms with Crippen molar-refractivity contribution in [1.29, 1.82) is 0 Å². The van der Waals surface area contributed by atoms with Gasteiger partial charge in [-0.05, 0) is 0 Å². The molecule has 0 fully saturated rings. The first-order valence-electron chi connectivity index (χ1n) is 1.11. The first kappa shape index (κ1) is 9.30. The predicted octanol–water partition coefficient (Wildman–Crippen LogP) is -0.692. The Hall–Kier alpha value is -1.13. The lowest BCUT2D eigenvalue weighted by Crippen LogP contribution is -2.09. The van der Waals surface area contributed by atoms with Crippen LogP contribution in [0.2, 0.25) is 0 Å². The lowest BCUT2D eigenvalue weighted by molar-refractivity contribution is -0.159.